The normalized spacial score (nSPS) is 20.4. The fourth-order valence-corrected chi connectivity index (χ4v) is 4.72. The number of nitrogens with zero attached hydrogens (tertiary/aromatic N) is 5. The molecule has 0 unspecified atom stereocenters. The molecule has 3 aromatic rings. The first kappa shape index (κ1) is 23.3. The first-order chi connectivity index (χ1) is 17.2. The number of aromatic nitrogens is 4. The molecule has 0 radical (unpaired) electrons. The number of hydrogen-bond acceptors (Lipinski definition) is 8. The average Bonchev–Trinajstić information content (AvgIpc) is 3.48. The highest BCUT2D eigenvalue weighted by Gasteiger charge is 2.23. The number of hydrogen-bond donors (Lipinski definition) is 3. The number of nitrogens with one attached hydrogen (secondary N) is 2. The highest BCUT2D eigenvalue weighted by molar-refractivity contribution is 5.84. The molecule has 0 bridgehead atoms. The Hall–Kier alpha value is -3.40. The van der Waals surface area contributed by atoms with E-state index in [1.165, 1.54) is 0 Å². The standard InChI is InChI=1S/C25H33N7O3/c33-19-10-8-18(9-11-19)28-25-29-23(26-12-16-35-20-5-2-1-3-6-20)22-24(30-25)32(17-27-22)15-14-31-13-4-7-21(31)34/h1-3,5-6,17-19,33H,4,7-16H2,(H2,26,28,29,30). The summed E-state index contributed by atoms with van der Waals surface area (Å²) in [4.78, 5) is 28.0. The zero-order valence-electron chi connectivity index (χ0n) is 19.9. The number of ether oxygens (including phenoxy) is 1. The predicted octanol–water partition coefficient (Wildman–Crippen LogP) is 2.66. The van der Waals surface area contributed by atoms with Crippen LogP contribution in [0.2, 0.25) is 0 Å². The number of aliphatic hydroxyl groups is 1. The number of rotatable bonds is 10. The van der Waals surface area contributed by atoms with Gasteiger partial charge >= 0.3 is 0 Å². The predicted molar refractivity (Wildman–Crippen MR) is 133 cm³/mol. The van der Waals surface area contributed by atoms with Crippen molar-refractivity contribution in [3.63, 3.8) is 0 Å². The molecule has 10 nitrogen and oxygen atoms in total. The van der Waals surface area contributed by atoms with Crippen LogP contribution in [0.5, 0.6) is 5.75 Å². The maximum atomic E-state index is 12.0. The van der Waals surface area contributed by atoms with E-state index in [-0.39, 0.29) is 18.1 Å². The minimum Gasteiger partial charge on any atom is -0.492 e. The lowest BCUT2D eigenvalue weighted by molar-refractivity contribution is -0.127. The van der Waals surface area contributed by atoms with Gasteiger partial charge in [-0.1, -0.05) is 18.2 Å². The van der Waals surface area contributed by atoms with E-state index in [9.17, 15) is 9.90 Å². The molecule has 3 heterocycles. The molecule has 5 rings (SSSR count). The van der Waals surface area contributed by atoms with Crippen LogP contribution in [0.25, 0.3) is 11.2 Å². The summed E-state index contributed by atoms with van der Waals surface area (Å²) in [6.45, 7) is 3.13. The summed E-state index contributed by atoms with van der Waals surface area (Å²) in [5.41, 5.74) is 1.43. The molecule has 0 atom stereocenters. The van der Waals surface area contributed by atoms with Crippen LogP contribution < -0.4 is 15.4 Å². The average molecular weight is 480 g/mol. The fraction of sp³-hybridized carbons (Fsp3) is 0.520. The van der Waals surface area contributed by atoms with Gasteiger partial charge < -0.3 is 29.9 Å². The van der Waals surface area contributed by atoms with E-state index >= 15 is 0 Å². The van der Waals surface area contributed by atoms with Gasteiger partial charge in [0, 0.05) is 32.1 Å². The summed E-state index contributed by atoms with van der Waals surface area (Å²) in [6.07, 6.45) is 6.44. The number of imidazole rings is 1. The summed E-state index contributed by atoms with van der Waals surface area (Å²) < 4.78 is 7.79. The monoisotopic (exact) mass is 479 g/mol. The summed E-state index contributed by atoms with van der Waals surface area (Å²) in [6, 6.07) is 9.93. The molecular formula is C25H33N7O3. The molecule has 35 heavy (non-hydrogen) atoms. The molecule has 1 aliphatic carbocycles. The molecule has 10 heteroatoms. The summed E-state index contributed by atoms with van der Waals surface area (Å²) in [5, 5.41) is 16.7. The lowest BCUT2D eigenvalue weighted by Crippen LogP contribution is -2.29. The van der Waals surface area contributed by atoms with Crippen LogP contribution in [0, 0.1) is 0 Å². The van der Waals surface area contributed by atoms with E-state index in [1.54, 1.807) is 6.33 Å². The highest BCUT2D eigenvalue weighted by atomic mass is 16.5. The van der Waals surface area contributed by atoms with Gasteiger partial charge in [-0.05, 0) is 44.2 Å². The molecule has 3 N–H and O–H groups in total. The van der Waals surface area contributed by atoms with Crippen molar-refractivity contribution in [2.24, 2.45) is 0 Å². The van der Waals surface area contributed by atoms with E-state index in [1.807, 2.05) is 39.8 Å². The number of aliphatic hydroxyl groups excluding tert-OH is 1. The third-order valence-electron chi connectivity index (χ3n) is 6.68. The minimum atomic E-state index is -0.215. The number of carbonyl (C=O) groups excluding carboxylic acids is 1. The van der Waals surface area contributed by atoms with Gasteiger partial charge in [0.1, 0.15) is 12.4 Å². The van der Waals surface area contributed by atoms with Gasteiger partial charge in [0.15, 0.2) is 17.0 Å². The van der Waals surface area contributed by atoms with E-state index in [0.29, 0.717) is 49.9 Å². The summed E-state index contributed by atoms with van der Waals surface area (Å²) in [5.74, 6) is 2.24. The SMILES string of the molecule is O=C1CCCN1CCn1cnc2c(NCCOc3ccccc3)nc(NC3CCC(O)CC3)nc21. The van der Waals surface area contributed by atoms with Crippen molar-refractivity contribution in [2.45, 2.75) is 57.2 Å². The number of anilines is 2. The second-order valence-corrected chi connectivity index (χ2v) is 9.23. The zero-order valence-corrected chi connectivity index (χ0v) is 19.9. The second kappa shape index (κ2) is 10.9. The van der Waals surface area contributed by atoms with Crippen molar-refractivity contribution >= 4 is 28.8 Å². The Kier molecular flexibility index (Phi) is 7.27. The molecule has 2 fully saturated rings. The summed E-state index contributed by atoms with van der Waals surface area (Å²) in [7, 11) is 0. The molecule has 2 aromatic heterocycles. The van der Waals surface area contributed by atoms with E-state index < -0.39 is 0 Å². The second-order valence-electron chi connectivity index (χ2n) is 9.23. The zero-order chi connectivity index (χ0) is 24.0. The molecule has 1 amide bonds. The quantitative estimate of drug-likeness (QED) is 0.380. The van der Waals surface area contributed by atoms with Gasteiger partial charge in [-0.2, -0.15) is 9.97 Å². The molecule has 1 saturated carbocycles. The number of amides is 1. The highest BCUT2D eigenvalue weighted by Crippen LogP contribution is 2.25. The molecule has 1 aliphatic heterocycles. The lowest BCUT2D eigenvalue weighted by Gasteiger charge is -2.26. The van der Waals surface area contributed by atoms with Crippen LogP contribution in [0.4, 0.5) is 11.8 Å². The number of para-hydroxylation sites is 1. The Labute approximate surface area is 204 Å². The van der Waals surface area contributed by atoms with Gasteiger partial charge in [0.2, 0.25) is 11.9 Å². The molecule has 2 aliphatic rings. The van der Waals surface area contributed by atoms with Crippen LogP contribution in [0.1, 0.15) is 38.5 Å². The Morgan fingerprint density at radius 1 is 1.09 bits per heavy atom. The number of carbonyl (C=O) groups is 1. The van der Waals surface area contributed by atoms with Gasteiger partial charge in [-0.15, -0.1) is 0 Å². The van der Waals surface area contributed by atoms with Gasteiger partial charge in [0.25, 0.3) is 0 Å². The van der Waals surface area contributed by atoms with Gasteiger partial charge in [-0.25, -0.2) is 4.98 Å². The third-order valence-corrected chi connectivity index (χ3v) is 6.68. The van der Waals surface area contributed by atoms with Crippen LogP contribution >= 0.6 is 0 Å². The first-order valence-corrected chi connectivity index (χ1v) is 12.5. The van der Waals surface area contributed by atoms with Crippen LogP contribution in [-0.4, -0.2) is 73.8 Å². The maximum Gasteiger partial charge on any atom is 0.227 e. The van der Waals surface area contributed by atoms with Gasteiger partial charge in [-0.3, -0.25) is 4.79 Å². The van der Waals surface area contributed by atoms with Crippen molar-refractivity contribution in [1.29, 1.82) is 0 Å². The maximum absolute atomic E-state index is 12.0. The Balaban J connectivity index is 1.31. The number of likely N-dealkylation sites (tertiary alicyclic amines) is 1. The minimum absolute atomic E-state index is 0.215. The van der Waals surface area contributed by atoms with Crippen molar-refractivity contribution < 1.29 is 14.6 Å². The Morgan fingerprint density at radius 3 is 2.69 bits per heavy atom. The largest absolute Gasteiger partial charge is 0.492 e. The number of fused-ring (bicyclic) bond motifs is 1. The van der Waals surface area contributed by atoms with Crippen molar-refractivity contribution in [3.05, 3.63) is 36.7 Å². The molecule has 0 spiro atoms. The Morgan fingerprint density at radius 2 is 1.91 bits per heavy atom. The van der Waals surface area contributed by atoms with Crippen molar-refractivity contribution in [1.82, 2.24) is 24.4 Å². The third kappa shape index (κ3) is 5.82. The van der Waals surface area contributed by atoms with Crippen LogP contribution in [0.3, 0.4) is 0 Å². The van der Waals surface area contributed by atoms with E-state index in [0.717, 1.165) is 50.0 Å². The molecule has 186 valence electrons. The first-order valence-electron chi connectivity index (χ1n) is 12.5. The van der Waals surface area contributed by atoms with E-state index in [4.69, 9.17) is 14.7 Å². The fourth-order valence-electron chi connectivity index (χ4n) is 4.72. The van der Waals surface area contributed by atoms with Crippen LogP contribution in [-0.2, 0) is 11.3 Å². The Bertz CT molecular complexity index is 1130. The van der Waals surface area contributed by atoms with Crippen molar-refractivity contribution in [2.75, 3.05) is 36.9 Å². The molecule has 1 saturated heterocycles. The van der Waals surface area contributed by atoms with E-state index in [2.05, 4.69) is 15.6 Å². The lowest BCUT2D eigenvalue weighted by atomic mass is 9.93. The van der Waals surface area contributed by atoms with Gasteiger partial charge in [0.05, 0.1) is 19.0 Å². The smallest absolute Gasteiger partial charge is 0.227 e. The van der Waals surface area contributed by atoms with Crippen LogP contribution in [0.15, 0.2) is 36.7 Å². The number of benzene rings is 1. The topological polar surface area (TPSA) is 117 Å². The molecule has 1 aromatic carbocycles. The van der Waals surface area contributed by atoms with Crippen molar-refractivity contribution in [3.8, 4) is 5.75 Å². The molecular weight excluding hydrogens is 446 g/mol. The summed E-state index contributed by atoms with van der Waals surface area (Å²) >= 11 is 0.